The van der Waals surface area contributed by atoms with Crippen LogP contribution in [-0.4, -0.2) is 59.0 Å². The van der Waals surface area contributed by atoms with E-state index in [4.69, 9.17) is 15.9 Å². The fraction of sp³-hybridized carbons (Fsp3) is 0.400. The fourth-order valence-electron chi connectivity index (χ4n) is 2.31. The summed E-state index contributed by atoms with van der Waals surface area (Å²) in [5.41, 5.74) is 7.42. The Hall–Kier alpha value is -1.94. The number of anilines is 1. The summed E-state index contributed by atoms with van der Waals surface area (Å²) in [5, 5.41) is 22.4. The summed E-state index contributed by atoms with van der Waals surface area (Å²) in [6, 6.07) is 7.92. The Kier molecular flexibility index (Phi) is 5.94. The molecule has 24 heavy (non-hydrogen) atoms. The van der Waals surface area contributed by atoms with E-state index >= 15 is 0 Å². The maximum Gasteiger partial charge on any atom is 0.243 e. The average molecular weight is 354 g/mol. The molecule has 2 aromatic rings. The van der Waals surface area contributed by atoms with Crippen LogP contribution < -0.4 is 5.73 Å². The molecule has 2 rings (SSSR count). The van der Waals surface area contributed by atoms with Crippen molar-refractivity contribution >= 4 is 15.8 Å². The molecule has 4 N–H and O–H groups in total. The minimum absolute atomic E-state index is 0.0728. The van der Waals surface area contributed by atoms with E-state index in [1.165, 1.54) is 12.1 Å². The lowest BCUT2D eigenvalue weighted by atomic mass is 10.3. The van der Waals surface area contributed by atoms with Gasteiger partial charge in [-0.05, 0) is 30.7 Å². The van der Waals surface area contributed by atoms with Crippen molar-refractivity contribution in [3.8, 4) is 5.69 Å². The number of aliphatic hydroxyl groups is 2. The second-order valence-corrected chi connectivity index (χ2v) is 7.11. The van der Waals surface area contributed by atoms with Crippen LogP contribution in [0.25, 0.3) is 5.69 Å². The molecule has 0 aliphatic heterocycles. The SMILES string of the molecule is CCc1cc(N)n(-c2ccc(S(=O)(=O)N(CCO)CCO)cc2)n1. The molecular formula is C15H22N4O4S. The van der Waals surface area contributed by atoms with E-state index in [0.29, 0.717) is 11.5 Å². The number of sulfonamides is 1. The van der Waals surface area contributed by atoms with Gasteiger partial charge in [0.15, 0.2) is 0 Å². The third kappa shape index (κ3) is 3.75. The summed E-state index contributed by atoms with van der Waals surface area (Å²) in [6.07, 6.45) is 0.751. The predicted molar refractivity (Wildman–Crippen MR) is 90.3 cm³/mol. The van der Waals surface area contributed by atoms with Gasteiger partial charge in [0.2, 0.25) is 10.0 Å². The van der Waals surface area contributed by atoms with Crippen molar-refractivity contribution in [2.24, 2.45) is 0 Å². The molecule has 0 radical (unpaired) electrons. The van der Waals surface area contributed by atoms with Crippen LogP contribution in [0.4, 0.5) is 5.82 Å². The van der Waals surface area contributed by atoms with E-state index in [2.05, 4.69) is 5.10 Å². The maximum atomic E-state index is 12.5. The number of aryl methyl sites for hydroxylation is 1. The van der Waals surface area contributed by atoms with E-state index < -0.39 is 10.0 Å². The smallest absolute Gasteiger partial charge is 0.243 e. The number of hydrogen-bond acceptors (Lipinski definition) is 6. The van der Waals surface area contributed by atoms with Crippen molar-refractivity contribution in [3.63, 3.8) is 0 Å². The average Bonchev–Trinajstić information content (AvgIpc) is 2.96. The van der Waals surface area contributed by atoms with Gasteiger partial charge in [-0.15, -0.1) is 0 Å². The zero-order valence-electron chi connectivity index (χ0n) is 13.5. The normalized spacial score (nSPS) is 12.0. The number of nitrogen functional groups attached to an aromatic ring is 1. The fourth-order valence-corrected chi connectivity index (χ4v) is 3.73. The van der Waals surface area contributed by atoms with Crippen LogP contribution >= 0.6 is 0 Å². The molecule has 8 nitrogen and oxygen atoms in total. The first-order chi connectivity index (χ1) is 11.4. The lowest BCUT2D eigenvalue weighted by molar-refractivity contribution is 0.217. The zero-order chi connectivity index (χ0) is 17.7. The first-order valence-electron chi connectivity index (χ1n) is 7.60. The Morgan fingerprint density at radius 1 is 1.17 bits per heavy atom. The Morgan fingerprint density at radius 2 is 1.75 bits per heavy atom. The lowest BCUT2D eigenvalue weighted by Crippen LogP contribution is -2.35. The van der Waals surface area contributed by atoms with Gasteiger partial charge in [0.1, 0.15) is 5.82 Å². The van der Waals surface area contributed by atoms with Crippen molar-refractivity contribution in [1.82, 2.24) is 14.1 Å². The van der Waals surface area contributed by atoms with E-state index in [-0.39, 0.29) is 31.2 Å². The quantitative estimate of drug-likeness (QED) is 0.613. The molecule has 0 aliphatic carbocycles. The summed E-state index contributed by atoms with van der Waals surface area (Å²) in [7, 11) is -3.78. The van der Waals surface area contributed by atoms with Crippen molar-refractivity contribution in [1.29, 1.82) is 0 Å². The summed E-state index contributed by atoms with van der Waals surface area (Å²) < 4.78 is 27.7. The Bertz CT molecular complexity index is 765. The molecule has 0 spiro atoms. The number of nitrogens with two attached hydrogens (primary N) is 1. The number of aromatic nitrogens is 2. The third-order valence-electron chi connectivity index (χ3n) is 3.57. The Balaban J connectivity index is 2.32. The van der Waals surface area contributed by atoms with Gasteiger partial charge in [-0.25, -0.2) is 13.1 Å². The first-order valence-corrected chi connectivity index (χ1v) is 9.04. The molecule has 0 aliphatic rings. The monoisotopic (exact) mass is 354 g/mol. The van der Waals surface area contributed by atoms with Gasteiger partial charge >= 0.3 is 0 Å². The van der Waals surface area contributed by atoms with Crippen LogP contribution in [0.3, 0.4) is 0 Å². The molecule has 1 heterocycles. The molecule has 0 saturated carbocycles. The summed E-state index contributed by atoms with van der Waals surface area (Å²) in [5.74, 6) is 0.477. The molecule has 0 atom stereocenters. The summed E-state index contributed by atoms with van der Waals surface area (Å²) >= 11 is 0. The van der Waals surface area contributed by atoms with E-state index in [1.807, 2.05) is 6.92 Å². The zero-order valence-corrected chi connectivity index (χ0v) is 14.3. The molecule has 1 aromatic carbocycles. The summed E-state index contributed by atoms with van der Waals surface area (Å²) in [4.78, 5) is 0.0783. The molecule has 9 heteroatoms. The van der Waals surface area contributed by atoms with Gasteiger partial charge in [0.05, 0.1) is 29.5 Å². The van der Waals surface area contributed by atoms with Gasteiger partial charge < -0.3 is 15.9 Å². The van der Waals surface area contributed by atoms with E-state index in [0.717, 1.165) is 16.4 Å². The number of aliphatic hydroxyl groups excluding tert-OH is 2. The van der Waals surface area contributed by atoms with E-state index in [9.17, 15) is 8.42 Å². The Labute approximate surface area is 141 Å². The van der Waals surface area contributed by atoms with Crippen LogP contribution in [0.2, 0.25) is 0 Å². The van der Waals surface area contributed by atoms with Crippen LogP contribution in [0, 0.1) is 0 Å². The number of nitrogens with zero attached hydrogens (tertiary/aromatic N) is 3. The van der Waals surface area contributed by atoms with E-state index in [1.54, 1.807) is 22.9 Å². The first kappa shape index (κ1) is 18.4. The van der Waals surface area contributed by atoms with Gasteiger partial charge in [-0.1, -0.05) is 6.92 Å². The maximum absolute atomic E-state index is 12.5. The molecule has 0 fully saturated rings. The number of rotatable bonds is 8. The minimum Gasteiger partial charge on any atom is -0.395 e. The van der Waals surface area contributed by atoms with Crippen molar-refractivity contribution < 1.29 is 18.6 Å². The second-order valence-electron chi connectivity index (χ2n) is 5.17. The number of benzene rings is 1. The Morgan fingerprint density at radius 3 is 2.21 bits per heavy atom. The predicted octanol–water partition coefficient (Wildman–Crippen LogP) is -0.00780. The van der Waals surface area contributed by atoms with Gasteiger partial charge in [-0.2, -0.15) is 9.40 Å². The molecule has 1 aromatic heterocycles. The van der Waals surface area contributed by atoms with Crippen molar-refractivity contribution in [2.45, 2.75) is 18.2 Å². The topological polar surface area (TPSA) is 122 Å². The highest BCUT2D eigenvalue weighted by atomic mass is 32.2. The van der Waals surface area contributed by atoms with Crippen LogP contribution in [0.15, 0.2) is 35.2 Å². The minimum atomic E-state index is -3.78. The molecule has 0 saturated heterocycles. The molecule has 132 valence electrons. The van der Waals surface area contributed by atoms with Gasteiger partial charge in [-0.3, -0.25) is 0 Å². The highest BCUT2D eigenvalue weighted by Gasteiger charge is 2.23. The molecule has 0 unspecified atom stereocenters. The van der Waals surface area contributed by atoms with Crippen LogP contribution in [0.1, 0.15) is 12.6 Å². The molecular weight excluding hydrogens is 332 g/mol. The lowest BCUT2D eigenvalue weighted by Gasteiger charge is -2.20. The van der Waals surface area contributed by atoms with Gasteiger partial charge in [0, 0.05) is 19.2 Å². The summed E-state index contributed by atoms with van der Waals surface area (Å²) in [6.45, 7) is 1.19. The van der Waals surface area contributed by atoms with Crippen molar-refractivity contribution in [3.05, 3.63) is 36.0 Å². The second kappa shape index (κ2) is 7.75. The molecule has 0 amide bonds. The largest absolute Gasteiger partial charge is 0.395 e. The standard InChI is InChI=1S/C15H22N4O4S/c1-2-12-11-15(16)19(17-12)13-3-5-14(6-4-13)24(22,23)18(7-9-20)8-10-21/h3-6,11,20-21H,2,7-10,16H2,1H3. The van der Waals surface area contributed by atoms with Crippen LogP contribution in [-0.2, 0) is 16.4 Å². The highest BCUT2D eigenvalue weighted by Crippen LogP contribution is 2.20. The van der Waals surface area contributed by atoms with Crippen molar-refractivity contribution in [2.75, 3.05) is 32.0 Å². The van der Waals surface area contributed by atoms with Gasteiger partial charge in [0.25, 0.3) is 0 Å². The highest BCUT2D eigenvalue weighted by molar-refractivity contribution is 7.89. The number of hydrogen-bond donors (Lipinski definition) is 3. The van der Waals surface area contributed by atoms with Crippen LogP contribution in [0.5, 0.6) is 0 Å². The molecule has 0 bridgehead atoms. The third-order valence-corrected chi connectivity index (χ3v) is 5.48.